The van der Waals surface area contributed by atoms with Crippen LogP contribution in [-0.2, 0) is 0 Å². The molecule has 4 heteroatoms. The van der Waals surface area contributed by atoms with E-state index in [1.165, 1.54) is 6.42 Å². The molecule has 1 aromatic heterocycles. The molecule has 0 unspecified atom stereocenters. The molecule has 0 saturated heterocycles. The van der Waals surface area contributed by atoms with Crippen molar-refractivity contribution in [3.05, 3.63) is 30.6 Å². The Morgan fingerprint density at radius 2 is 1.94 bits per heavy atom. The lowest BCUT2D eigenvalue weighted by Crippen LogP contribution is -2.26. The van der Waals surface area contributed by atoms with Crippen LogP contribution in [0, 0.1) is 0 Å². The normalized spacial score (nSPS) is 24.3. The van der Waals surface area contributed by atoms with Crippen LogP contribution in [0.2, 0.25) is 0 Å². The van der Waals surface area contributed by atoms with E-state index in [-0.39, 0.29) is 11.4 Å². The Labute approximate surface area is 111 Å². The second kappa shape index (κ2) is 5.24. The molecular weight excluding hydrogens is 244 g/mol. The van der Waals surface area contributed by atoms with E-state index in [9.17, 15) is 5.11 Å². The van der Waals surface area contributed by atoms with Crippen LogP contribution >= 0.6 is 11.8 Å². The van der Waals surface area contributed by atoms with Crippen molar-refractivity contribution in [1.29, 1.82) is 0 Å². The van der Waals surface area contributed by atoms with Crippen molar-refractivity contribution in [3.8, 4) is 0 Å². The predicted molar refractivity (Wildman–Crippen MR) is 73.7 cm³/mol. The Balaban J connectivity index is 1.90. The number of aromatic nitrogens is 2. The van der Waals surface area contributed by atoms with E-state index >= 15 is 0 Å². The molecule has 2 aromatic rings. The quantitative estimate of drug-likeness (QED) is 0.843. The van der Waals surface area contributed by atoms with Crippen LogP contribution in [-0.4, -0.2) is 26.4 Å². The molecule has 1 fully saturated rings. The molecule has 1 aliphatic rings. The lowest BCUT2D eigenvalue weighted by molar-refractivity contribution is 0.137. The minimum absolute atomic E-state index is 0.197. The van der Waals surface area contributed by atoms with Crippen LogP contribution in [0.5, 0.6) is 0 Å². The van der Waals surface area contributed by atoms with Gasteiger partial charge >= 0.3 is 0 Å². The van der Waals surface area contributed by atoms with E-state index in [2.05, 4.69) is 9.97 Å². The van der Waals surface area contributed by atoms with Crippen molar-refractivity contribution >= 4 is 22.7 Å². The molecule has 18 heavy (non-hydrogen) atoms. The van der Waals surface area contributed by atoms with Gasteiger partial charge in [0.15, 0.2) is 0 Å². The SMILES string of the molecule is O[C@@H]1CCCC[C@H]1Sc1ncnc2ccccc12. The first-order valence-electron chi connectivity index (χ1n) is 6.39. The summed E-state index contributed by atoms with van der Waals surface area (Å²) in [7, 11) is 0. The molecule has 0 radical (unpaired) electrons. The number of para-hydroxylation sites is 1. The van der Waals surface area contributed by atoms with E-state index in [4.69, 9.17) is 0 Å². The van der Waals surface area contributed by atoms with Gasteiger partial charge in [-0.3, -0.25) is 0 Å². The number of hydrogen-bond donors (Lipinski definition) is 1. The van der Waals surface area contributed by atoms with Gasteiger partial charge in [-0.25, -0.2) is 9.97 Å². The summed E-state index contributed by atoms with van der Waals surface area (Å²) in [5.74, 6) is 0. The number of rotatable bonds is 2. The molecule has 0 amide bonds. The maximum atomic E-state index is 10.0. The van der Waals surface area contributed by atoms with Gasteiger partial charge < -0.3 is 5.11 Å². The minimum Gasteiger partial charge on any atom is -0.392 e. The summed E-state index contributed by atoms with van der Waals surface area (Å²) in [5, 5.41) is 12.4. The topological polar surface area (TPSA) is 46.0 Å². The van der Waals surface area contributed by atoms with E-state index in [0.717, 1.165) is 35.2 Å². The fourth-order valence-electron chi connectivity index (χ4n) is 2.43. The fraction of sp³-hybridized carbons (Fsp3) is 0.429. The number of fused-ring (bicyclic) bond motifs is 1. The average molecular weight is 260 g/mol. The van der Waals surface area contributed by atoms with Gasteiger partial charge in [-0.2, -0.15) is 0 Å². The highest BCUT2D eigenvalue weighted by Crippen LogP contribution is 2.35. The van der Waals surface area contributed by atoms with Crippen LogP contribution in [0.25, 0.3) is 10.9 Å². The third kappa shape index (κ3) is 2.35. The van der Waals surface area contributed by atoms with Crippen LogP contribution in [0.4, 0.5) is 0 Å². The van der Waals surface area contributed by atoms with Crippen molar-refractivity contribution < 1.29 is 5.11 Å². The number of aliphatic hydroxyl groups is 1. The summed E-state index contributed by atoms with van der Waals surface area (Å²) < 4.78 is 0. The third-order valence-corrected chi connectivity index (χ3v) is 4.84. The summed E-state index contributed by atoms with van der Waals surface area (Å²) in [6, 6.07) is 8.04. The van der Waals surface area contributed by atoms with E-state index in [0.29, 0.717) is 0 Å². The minimum atomic E-state index is -0.197. The second-order valence-corrected chi connectivity index (χ2v) is 5.93. The lowest BCUT2D eigenvalue weighted by Gasteiger charge is -2.26. The van der Waals surface area contributed by atoms with Gasteiger partial charge in [-0.1, -0.05) is 42.8 Å². The number of hydrogen-bond acceptors (Lipinski definition) is 4. The second-order valence-electron chi connectivity index (χ2n) is 4.70. The van der Waals surface area contributed by atoms with Crippen LogP contribution in [0.1, 0.15) is 25.7 Å². The molecule has 94 valence electrons. The first-order chi connectivity index (χ1) is 8.84. The molecule has 0 aliphatic heterocycles. The van der Waals surface area contributed by atoms with Crippen LogP contribution in [0.15, 0.2) is 35.6 Å². The van der Waals surface area contributed by atoms with Crippen molar-refractivity contribution in [2.24, 2.45) is 0 Å². The first-order valence-corrected chi connectivity index (χ1v) is 7.27. The van der Waals surface area contributed by atoms with Crippen molar-refractivity contribution in [2.45, 2.75) is 42.1 Å². The molecule has 1 aliphatic carbocycles. The lowest BCUT2D eigenvalue weighted by atomic mass is 9.97. The molecule has 3 nitrogen and oxygen atoms in total. The zero-order valence-corrected chi connectivity index (χ0v) is 10.9. The highest BCUT2D eigenvalue weighted by atomic mass is 32.2. The van der Waals surface area contributed by atoms with E-state index < -0.39 is 0 Å². The van der Waals surface area contributed by atoms with Gasteiger partial charge in [0.2, 0.25) is 0 Å². The highest BCUT2D eigenvalue weighted by Gasteiger charge is 2.24. The zero-order valence-electron chi connectivity index (χ0n) is 10.1. The van der Waals surface area contributed by atoms with Gasteiger partial charge in [0.05, 0.1) is 11.6 Å². The standard InChI is InChI=1S/C14H16N2OS/c17-12-7-3-4-8-13(12)18-14-10-5-1-2-6-11(10)15-9-16-14/h1-2,5-6,9,12-13,17H,3-4,7-8H2/t12-,13-/m1/s1. The Kier molecular flexibility index (Phi) is 3.48. The Hall–Kier alpha value is -1.13. The molecule has 3 rings (SSSR count). The van der Waals surface area contributed by atoms with Crippen LogP contribution < -0.4 is 0 Å². The maximum absolute atomic E-state index is 10.0. The molecular formula is C14H16N2OS. The number of benzene rings is 1. The highest BCUT2D eigenvalue weighted by molar-refractivity contribution is 8.00. The van der Waals surface area contributed by atoms with Crippen LogP contribution in [0.3, 0.4) is 0 Å². The number of aliphatic hydroxyl groups excluding tert-OH is 1. The predicted octanol–water partition coefficient (Wildman–Crippen LogP) is 3.03. The smallest absolute Gasteiger partial charge is 0.117 e. The molecule has 1 N–H and O–H groups in total. The van der Waals surface area contributed by atoms with Crippen molar-refractivity contribution in [2.75, 3.05) is 0 Å². The first kappa shape index (κ1) is 11.9. The van der Waals surface area contributed by atoms with Crippen molar-refractivity contribution in [1.82, 2.24) is 9.97 Å². The molecule has 0 spiro atoms. The summed E-state index contributed by atoms with van der Waals surface area (Å²) >= 11 is 1.70. The zero-order chi connectivity index (χ0) is 12.4. The number of thioether (sulfide) groups is 1. The summed E-state index contributed by atoms with van der Waals surface area (Å²) in [5.41, 5.74) is 0.972. The number of nitrogens with zero attached hydrogens (tertiary/aromatic N) is 2. The monoisotopic (exact) mass is 260 g/mol. The largest absolute Gasteiger partial charge is 0.392 e. The van der Waals surface area contributed by atoms with Gasteiger partial charge in [0.1, 0.15) is 11.4 Å². The third-order valence-electron chi connectivity index (χ3n) is 3.44. The van der Waals surface area contributed by atoms with E-state index in [1.54, 1.807) is 18.1 Å². The van der Waals surface area contributed by atoms with Gasteiger partial charge in [0.25, 0.3) is 0 Å². The van der Waals surface area contributed by atoms with Crippen molar-refractivity contribution in [3.63, 3.8) is 0 Å². The molecule has 1 saturated carbocycles. The molecule has 1 aromatic carbocycles. The molecule has 0 bridgehead atoms. The average Bonchev–Trinajstić information content (AvgIpc) is 2.42. The molecule has 1 heterocycles. The Morgan fingerprint density at radius 1 is 1.11 bits per heavy atom. The van der Waals surface area contributed by atoms with Gasteiger partial charge in [-0.05, 0) is 18.9 Å². The Morgan fingerprint density at radius 3 is 2.83 bits per heavy atom. The molecule has 2 atom stereocenters. The Bertz CT molecular complexity index is 541. The van der Waals surface area contributed by atoms with Gasteiger partial charge in [0, 0.05) is 10.6 Å². The fourth-order valence-corrected chi connectivity index (χ4v) is 3.70. The summed E-state index contributed by atoms with van der Waals surface area (Å²) in [6.07, 6.45) is 5.75. The summed E-state index contributed by atoms with van der Waals surface area (Å²) in [4.78, 5) is 8.64. The van der Waals surface area contributed by atoms with Gasteiger partial charge in [-0.15, -0.1) is 0 Å². The van der Waals surface area contributed by atoms with E-state index in [1.807, 2.05) is 24.3 Å². The maximum Gasteiger partial charge on any atom is 0.117 e. The summed E-state index contributed by atoms with van der Waals surface area (Å²) in [6.45, 7) is 0.